The van der Waals surface area contributed by atoms with Gasteiger partial charge in [0, 0.05) is 11.3 Å². The van der Waals surface area contributed by atoms with Crippen LogP contribution in [0.5, 0.6) is 17.2 Å². The lowest BCUT2D eigenvalue weighted by atomic mass is 9.95. The number of benzene rings is 3. The average Bonchev–Trinajstić information content (AvgIpc) is 3.65. The van der Waals surface area contributed by atoms with Gasteiger partial charge in [-0.1, -0.05) is 79.8 Å². The summed E-state index contributed by atoms with van der Waals surface area (Å²) in [4.78, 5) is 28.7. The number of aliphatic hydroxyl groups is 1. The van der Waals surface area contributed by atoms with Crippen LogP contribution in [0.2, 0.25) is 0 Å². The van der Waals surface area contributed by atoms with Crippen LogP contribution in [0.4, 0.5) is 5.13 Å². The van der Waals surface area contributed by atoms with E-state index in [1.165, 1.54) is 35.1 Å². The molecule has 0 saturated carbocycles. The molecule has 2 heterocycles. The maximum absolute atomic E-state index is 13.7. The topological polar surface area (TPSA) is 111 Å². The van der Waals surface area contributed by atoms with Crippen LogP contribution in [0.25, 0.3) is 5.76 Å². The van der Waals surface area contributed by atoms with Crippen molar-refractivity contribution in [2.75, 3.05) is 25.2 Å². The van der Waals surface area contributed by atoms with Crippen molar-refractivity contribution in [1.82, 2.24) is 10.2 Å². The number of anilines is 1. The SMILES string of the molecule is CCCCOc1ccc(C2/C(=C(\O)c3ccc(OCCC)cc3)C(=O)C(=O)N2c2nnc(SCc3ccccc3)s2)cc1OC. The smallest absolute Gasteiger partial charge is 0.301 e. The summed E-state index contributed by atoms with van der Waals surface area (Å²) in [6.45, 7) is 5.18. The Hall–Kier alpha value is -4.35. The predicted molar refractivity (Wildman–Crippen MR) is 176 cm³/mol. The summed E-state index contributed by atoms with van der Waals surface area (Å²) >= 11 is 2.71. The summed E-state index contributed by atoms with van der Waals surface area (Å²) in [7, 11) is 1.53. The number of hydrogen-bond acceptors (Lipinski definition) is 10. The van der Waals surface area contributed by atoms with Crippen LogP contribution in [0, 0.1) is 0 Å². The first-order valence-electron chi connectivity index (χ1n) is 14.8. The molecule has 1 atom stereocenters. The van der Waals surface area contributed by atoms with E-state index < -0.39 is 17.7 Å². The number of carbonyl (C=O) groups excluding carboxylic acids is 2. The van der Waals surface area contributed by atoms with E-state index in [1.54, 1.807) is 42.5 Å². The zero-order valence-corrected chi connectivity index (χ0v) is 27.0. The normalized spacial score (nSPS) is 15.8. The van der Waals surface area contributed by atoms with Crippen molar-refractivity contribution < 1.29 is 28.9 Å². The minimum Gasteiger partial charge on any atom is -0.507 e. The number of unbranched alkanes of at least 4 members (excludes halogenated alkanes) is 1. The molecule has 45 heavy (non-hydrogen) atoms. The Kier molecular flexibility index (Phi) is 10.7. The van der Waals surface area contributed by atoms with E-state index in [9.17, 15) is 14.7 Å². The Bertz CT molecular complexity index is 1660. The Labute approximate surface area is 270 Å². The number of carbonyl (C=O) groups is 2. The predicted octanol–water partition coefficient (Wildman–Crippen LogP) is 7.43. The minimum atomic E-state index is -0.987. The molecule has 1 aliphatic rings. The summed E-state index contributed by atoms with van der Waals surface area (Å²) in [6.07, 6.45) is 2.72. The lowest BCUT2D eigenvalue weighted by Crippen LogP contribution is -2.29. The molecule has 0 spiro atoms. The van der Waals surface area contributed by atoms with E-state index in [4.69, 9.17) is 14.2 Å². The summed E-state index contributed by atoms with van der Waals surface area (Å²) in [5, 5.41) is 20.4. The van der Waals surface area contributed by atoms with E-state index in [-0.39, 0.29) is 16.5 Å². The van der Waals surface area contributed by atoms with Gasteiger partial charge in [-0.3, -0.25) is 14.5 Å². The van der Waals surface area contributed by atoms with E-state index in [0.29, 0.717) is 51.7 Å². The third-order valence-electron chi connectivity index (χ3n) is 7.11. The second-order valence-electron chi connectivity index (χ2n) is 10.3. The summed E-state index contributed by atoms with van der Waals surface area (Å²) in [6, 6.07) is 21.0. The zero-order chi connectivity index (χ0) is 31.8. The van der Waals surface area contributed by atoms with Gasteiger partial charge in [0.1, 0.15) is 11.5 Å². The van der Waals surface area contributed by atoms with Gasteiger partial charge in [0.2, 0.25) is 5.13 Å². The average molecular weight is 646 g/mol. The monoisotopic (exact) mass is 645 g/mol. The van der Waals surface area contributed by atoms with Crippen LogP contribution in [-0.4, -0.2) is 47.3 Å². The number of ether oxygens (including phenoxy) is 3. The van der Waals surface area contributed by atoms with Gasteiger partial charge in [0.05, 0.1) is 31.9 Å². The largest absolute Gasteiger partial charge is 0.507 e. The fourth-order valence-electron chi connectivity index (χ4n) is 4.81. The third kappa shape index (κ3) is 7.32. The van der Waals surface area contributed by atoms with Crippen LogP contribution in [0.1, 0.15) is 55.8 Å². The molecule has 1 saturated heterocycles. The molecule has 1 aliphatic heterocycles. The number of nitrogens with zero attached hydrogens (tertiary/aromatic N) is 3. The minimum absolute atomic E-state index is 0.0578. The molecule has 3 aromatic carbocycles. The number of Topliss-reactive ketones (excluding diaryl/α,β-unsaturated/α-hetero) is 1. The highest BCUT2D eigenvalue weighted by Gasteiger charge is 2.48. The molecule has 1 aromatic heterocycles. The van der Waals surface area contributed by atoms with Gasteiger partial charge in [-0.25, -0.2) is 0 Å². The van der Waals surface area contributed by atoms with Crippen LogP contribution in [0.15, 0.2) is 82.7 Å². The van der Waals surface area contributed by atoms with Gasteiger partial charge < -0.3 is 19.3 Å². The summed E-state index contributed by atoms with van der Waals surface area (Å²) in [5.74, 6) is 0.387. The second-order valence-corrected chi connectivity index (χ2v) is 12.5. The number of thioether (sulfide) groups is 1. The highest BCUT2D eigenvalue weighted by Crippen LogP contribution is 2.45. The van der Waals surface area contributed by atoms with Gasteiger partial charge in [-0.05, 0) is 60.4 Å². The first kappa shape index (κ1) is 32.1. The number of aliphatic hydroxyl groups excluding tert-OH is 1. The van der Waals surface area contributed by atoms with Crippen LogP contribution in [0.3, 0.4) is 0 Å². The molecule has 9 nitrogen and oxygen atoms in total. The number of amides is 1. The molecule has 1 amide bonds. The number of methoxy groups -OCH3 is 1. The van der Waals surface area contributed by atoms with Crippen molar-refractivity contribution in [3.8, 4) is 17.2 Å². The molecule has 234 valence electrons. The first-order valence-corrected chi connectivity index (χ1v) is 16.6. The van der Waals surface area contributed by atoms with Crippen molar-refractivity contribution in [3.05, 3.63) is 95.1 Å². The second kappa shape index (κ2) is 15.1. The summed E-state index contributed by atoms with van der Waals surface area (Å²) in [5.41, 5.74) is 1.99. The molecular formula is C34H35N3O6S2. The van der Waals surface area contributed by atoms with Crippen LogP contribution in [-0.2, 0) is 15.3 Å². The summed E-state index contributed by atoms with van der Waals surface area (Å²) < 4.78 is 17.9. The Morgan fingerprint density at radius 3 is 2.42 bits per heavy atom. The van der Waals surface area contributed by atoms with Gasteiger partial charge in [0.15, 0.2) is 15.8 Å². The maximum atomic E-state index is 13.7. The Morgan fingerprint density at radius 2 is 1.71 bits per heavy atom. The van der Waals surface area contributed by atoms with Gasteiger partial charge >= 0.3 is 5.91 Å². The maximum Gasteiger partial charge on any atom is 0.301 e. The molecule has 4 aromatic rings. The van der Waals surface area contributed by atoms with Crippen LogP contribution >= 0.6 is 23.1 Å². The number of hydrogen-bond donors (Lipinski definition) is 1. The lowest BCUT2D eigenvalue weighted by Gasteiger charge is -2.23. The molecule has 5 rings (SSSR count). The van der Waals surface area contributed by atoms with E-state index in [2.05, 4.69) is 17.1 Å². The van der Waals surface area contributed by atoms with E-state index >= 15 is 0 Å². The van der Waals surface area contributed by atoms with E-state index in [0.717, 1.165) is 24.8 Å². The van der Waals surface area contributed by atoms with Crippen molar-refractivity contribution in [2.24, 2.45) is 0 Å². The molecule has 0 aliphatic carbocycles. The molecular weight excluding hydrogens is 611 g/mol. The zero-order valence-electron chi connectivity index (χ0n) is 25.4. The van der Waals surface area contributed by atoms with Crippen LogP contribution < -0.4 is 19.1 Å². The standard InChI is InChI=1S/C34H35N3O6S2/c1-4-6-19-43-26-17-14-24(20-27(26)41-3)29-28(30(38)23-12-15-25(16-13-23)42-18-5-2)31(39)32(40)37(29)33-35-36-34(45-33)44-21-22-10-8-7-9-11-22/h7-17,20,29,38H,4-6,18-19,21H2,1-3H3/b30-28+. The Morgan fingerprint density at radius 1 is 0.933 bits per heavy atom. The highest BCUT2D eigenvalue weighted by atomic mass is 32.2. The van der Waals surface area contributed by atoms with Crippen molar-refractivity contribution >= 4 is 45.7 Å². The number of rotatable bonds is 14. The molecule has 1 unspecified atom stereocenters. The molecule has 0 radical (unpaired) electrons. The number of ketones is 1. The lowest BCUT2D eigenvalue weighted by molar-refractivity contribution is -0.132. The van der Waals surface area contributed by atoms with Crippen molar-refractivity contribution in [2.45, 2.75) is 49.2 Å². The Balaban J connectivity index is 1.54. The fraction of sp³-hybridized carbons (Fsp3) is 0.294. The third-order valence-corrected chi connectivity index (χ3v) is 9.24. The first-order chi connectivity index (χ1) is 21.9. The van der Waals surface area contributed by atoms with Crippen molar-refractivity contribution in [3.63, 3.8) is 0 Å². The van der Waals surface area contributed by atoms with Crippen molar-refractivity contribution in [1.29, 1.82) is 0 Å². The molecule has 1 N–H and O–H groups in total. The molecule has 0 bridgehead atoms. The highest BCUT2D eigenvalue weighted by molar-refractivity contribution is 8.00. The molecule has 11 heteroatoms. The quantitative estimate of drug-likeness (QED) is 0.0374. The number of aromatic nitrogens is 2. The molecule has 1 fully saturated rings. The van der Waals surface area contributed by atoms with Gasteiger partial charge in [-0.15, -0.1) is 10.2 Å². The van der Waals surface area contributed by atoms with Gasteiger partial charge in [0.25, 0.3) is 5.78 Å². The van der Waals surface area contributed by atoms with E-state index in [1.807, 2.05) is 37.3 Å². The fourth-order valence-corrected chi connectivity index (χ4v) is 6.63. The van der Waals surface area contributed by atoms with Gasteiger partial charge in [-0.2, -0.15) is 0 Å².